The van der Waals surface area contributed by atoms with Gasteiger partial charge in [0.1, 0.15) is 6.04 Å². The fourth-order valence-corrected chi connectivity index (χ4v) is 5.92. The molecule has 4 rings (SSSR count). The largest absolute Gasteiger partial charge is 0.341 e. The van der Waals surface area contributed by atoms with Gasteiger partial charge >= 0.3 is 0 Å². The molecule has 0 saturated carbocycles. The van der Waals surface area contributed by atoms with Gasteiger partial charge in [0, 0.05) is 33.1 Å². The van der Waals surface area contributed by atoms with Crippen LogP contribution in [0.5, 0.6) is 0 Å². The molecule has 6 nitrogen and oxygen atoms in total. The predicted molar refractivity (Wildman–Crippen MR) is 155 cm³/mol. The van der Waals surface area contributed by atoms with E-state index in [1.54, 1.807) is 4.90 Å². The SMILES string of the molecule is CN[C@H](CC1=Cc2ccccc2CC1)C(=O)N(C)[C@H](Cc1ccccc1)C(=O)N1CCC(CN(C)C)CC1. The second kappa shape index (κ2) is 13.2. The first-order valence-electron chi connectivity index (χ1n) is 14.0. The number of fused-ring (bicyclic) bond motifs is 1. The Labute approximate surface area is 228 Å². The monoisotopic (exact) mass is 516 g/mol. The number of rotatable bonds is 10. The molecule has 0 radical (unpaired) electrons. The standard InChI is InChI=1S/C32H44N4O2/c1-33-29(21-26-14-15-27-12-8-9-13-28(27)20-26)31(37)35(4)30(22-24-10-6-5-7-11-24)32(38)36-18-16-25(17-19-36)23-34(2)3/h5-13,20,25,29-30,33H,14-19,21-23H2,1-4H3/t29-,30-/m1/s1. The van der Waals surface area contributed by atoms with Gasteiger partial charge in [-0.15, -0.1) is 0 Å². The number of nitrogens with zero attached hydrogens (tertiary/aromatic N) is 3. The van der Waals surface area contributed by atoms with Gasteiger partial charge in [0.05, 0.1) is 6.04 Å². The number of nitrogens with one attached hydrogen (secondary N) is 1. The summed E-state index contributed by atoms with van der Waals surface area (Å²) in [6.07, 6.45) is 7.38. The van der Waals surface area contributed by atoms with Crippen molar-refractivity contribution >= 4 is 17.9 Å². The first-order valence-corrected chi connectivity index (χ1v) is 14.0. The topological polar surface area (TPSA) is 55.9 Å². The van der Waals surface area contributed by atoms with Gasteiger partial charge in [-0.2, -0.15) is 0 Å². The van der Waals surface area contributed by atoms with Crippen LogP contribution in [0.4, 0.5) is 0 Å². The van der Waals surface area contributed by atoms with E-state index in [0.29, 0.717) is 18.8 Å². The number of hydrogen-bond acceptors (Lipinski definition) is 4. The average molecular weight is 517 g/mol. The molecule has 2 atom stereocenters. The zero-order valence-electron chi connectivity index (χ0n) is 23.5. The molecule has 0 spiro atoms. The normalized spacial score (nSPS) is 17.5. The van der Waals surface area contributed by atoms with Crippen molar-refractivity contribution in [2.24, 2.45) is 5.92 Å². The van der Waals surface area contributed by atoms with Crippen LogP contribution in [0.2, 0.25) is 0 Å². The van der Waals surface area contributed by atoms with Crippen LogP contribution in [0.3, 0.4) is 0 Å². The van der Waals surface area contributed by atoms with E-state index < -0.39 is 6.04 Å². The highest BCUT2D eigenvalue weighted by Crippen LogP contribution is 2.27. The maximum absolute atomic E-state index is 13.9. The molecule has 1 aliphatic heterocycles. The summed E-state index contributed by atoms with van der Waals surface area (Å²) in [4.78, 5) is 33.7. The van der Waals surface area contributed by atoms with Crippen LogP contribution >= 0.6 is 0 Å². The van der Waals surface area contributed by atoms with Crippen molar-refractivity contribution in [3.63, 3.8) is 0 Å². The van der Waals surface area contributed by atoms with Gasteiger partial charge in [-0.25, -0.2) is 0 Å². The molecule has 0 unspecified atom stereocenters. The Morgan fingerprint density at radius 3 is 2.32 bits per heavy atom. The van der Waals surface area contributed by atoms with E-state index in [1.807, 2.05) is 49.3 Å². The lowest BCUT2D eigenvalue weighted by Gasteiger charge is -2.38. The highest BCUT2D eigenvalue weighted by molar-refractivity contribution is 5.90. The molecule has 1 heterocycles. The number of likely N-dealkylation sites (tertiary alicyclic amines) is 1. The number of carbonyl (C=O) groups excluding carboxylic acids is 2. The Bertz CT molecular complexity index is 1110. The Balaban J connectivity index is 1.48. The van der Waals surface area contributed by atoms with E-state index in [1.165, 1.54) is 16.7 Å². The van der Waals surface area contributed by atoms with Crippen molar-refractivity contribution in [2.45, 2.75) is 50.6 Å². The summed E-state index contributed by atoms with van der Waals surface area (Å²) < 4.78 is 0. The van der Waals surface area contributed by atoms with Gasteiger partial charge in [0.2, 0.25) is 11.8 Å². The molecular weight excluding hydrogens is 472 g/mol. The van der Waals surface area contributed by atoms with Gasteiger partial charge < -0.3 is 20.0 Å². The first-order chi connectivity index (χ1) is 18.4. The molecule has 1 N–H and O–H groups in total. The van der Waals surface area contributed by atoms with Crippen molar-refractivity contribution in [1.82, 2.24) is 20.0 Å². The second-order valence-electron chi connectivity index (χ2n) is 11.2. The molecule has 1 fully saturated rings. The molecule has 1 aliphatic carbocycles. The predicted octanol–water partition coefficient (Wildman–Crippen LogP) is 3.86. The minimum absolute atomic E-state index is 0.0240. The van der Waals surface area contributed by atoms with Crippen LogP contribution in [-0.4, -0.2) is 86.4 Å². The van der Waals surface area contributed by atoms with Crippen LogP contribution in [0.15, 0.2) is 60.2 Å². The van der Waals surface area contributed by atoms with Crippen molar-refractivity contribution in [3.05, 3.63) is 76.9 Å². The third kappa shape index (κ3) is 7.12. The van der Waals surface area contributed by atoms with Crippen LogP contribution < -0.4 is 5.32 Å². The van der Waals surface area contributed by atoms with Crippen molar-refractivity contribution in [3.8, 4) is 0 Å². The molecule has 204 valence electrons. The summed E-state index contributed by atoms with van der Waals surface area (Å²) in [7, 11) is 7.86. The lowest BCUT2D eigenvalue weighted by atomic mass is 9.89. The maximum Gasteiger partial charge on any atom is 0.245 e. The van der Waals surface area contributed by atoms with Crippen molar-refractivity contribution in [2.75, 3.05) is 47.8 Å². The lowest BCUT2D eigenvalue weighted by molar-refractivity contribution is -0.146. The fraction of sp³-hybridized carbons (Fsp3) is 0.500. The fourth-order valence-electron chi connectivity index (χ4n) is 5.92. The molecule has 0 aromatic heterocycles. The van der Waals surface area contributed by atoms with E-state index in [4.69, 9.17) is 0 Å². The number of amides is 2. The number of aryl methyl sites for hydroxylation is 1. The number of likely N-dealkylation sites (N-methyl/N-ethyl adjacent to an activating group) is 2. The summed E-state index contributed by atoms with van der Waals surface area (Å²) in [6.45, 7) is 2.57. The highest BCUT2D eigenvalue weighted by Gasteiger charge is 2.35. The average Bonchev–Trinajstić information content (AvgIpc) is 2.94. The Morgan fingerprint density at radius 1 is 0.947 bits per heavy atom. The molecule has 38 heavy (non-hydrogen) atoms. The summed E-state index contributed by atoms with van der Waals surface area (Å²) in [5, 5.41) is 3.25. The minimum atomic E-state index is -0.521. The molecule has 1 saturated heterocycles. The quantitative estimate of drug-likeness (QED) is 0.521. The summed E-state index contributed by atoms with van der Waals surface area (Å²) in [5.74, 6) is 0.654. The van der Waals surface area contributed by atoms with E-state index in [9.17, 15) is 9.59 Å². The molecular formula is C32H44N4O2. The number of hydrogen-bond donors (Lipinski definition) is 1. The Kier molecular flexibility index (Phi) is 9.75. The van der Waals surface area contributed by atoms with Gasteiger partial charge in [-0.1, -0.05) is 66.2 Å². The number of piperidine rings is 1. The van der Waals surface area contributed by atoms with E-state index in [0.717, 1.165) is 50.9 Å². The smallest absolute Gasteiger partial charge is 0.245 e. The van der Waals surface area contributed by atoms with Gasteiger partial charge in [-0.05, 0) is 75.9 Å². The van der Waals surface area contributed by atoms with Gasteiger partial charge in [0.25, 0.3) is 0 Å². The Hall–Kier alpha value is -2.96. The number of carbonyl (C=O) groups is 2. The number of benzene rings is 2. The van der Waals surface area contributed by atoms with Crippen LogP contribution in [0.1, 0.15) is 42.4 Å². The zero-order chi connectivity index (χ0) is 27.1. The van der Waals surface area contributed by atoms with Gasteiger partial charge in [-0.3, -0.25) is 9.59 Å². The van der Waals surface area contributed by atoms with E-state index in [2.05, 4.69) is 54.7 Å². The third-order valence-electron chi connectivity index (χ3n) is 8.16. The molecule has 6 heteroatoms. The molecule has 2 aliphatic rings. The van der Waals surface area contributed by atoms with Gasteiger partial charge in [0.15, 0.2) is 0 Å². The van der Waals surface area contributed by atoms with Crippen LogP contribution in [-0.2, 0) is 22.4 Å². The third-order valence-corrected chi connectivity index (χ3v) is 8.16. The molecule has 2 amide bonds. The minimum Gasteiger partial charge on any atom is -0.341 e. The second-order valence-corrected chi connectivity index (χ2v) is 11.2. The molecule has 2 aromatic carbocycles. The summed E-state index contributed by atoms with van der Waals surface area (Å²) in [6, 6.07) is 17.6. The first kappa shape index (κ1) is 28.1. The van der Waals surface area contributed by atoms with E-state index in [-0.39, 0.29) is 17.9 Å². The summed E-state index contributed by atoms with van der Waals surface area (Å²) in [5.41, 5.74) is 4.96. The summed E-state index contributed by atoms with van der Waals surface area (Å²) >= 11 is 0. The zero-order valence-corrected chi connectivity index (χ0v) is 23.5. The van der Waals surface area contributed by atoms with Crippen molar-refractivity contribution < 1.29 is 9.59 Å². The molecule has 2 aromatic rings. The molecule has 0 bridgehead atoms. The van der Waals surface area contributed by atoms with Crippen LogP contribution in [0.25, 0.3) is 6.08 Å². The van der Waals surface area contributed by atoms with E-state index >= 15 is 0 Å². The van der Waals surface area contributed by atoms with Crippen molar-refractivity contribution in [1.29, 1.82) is 0 Å². The Morgan fingerprint density at radius 2 is 1.63 bits per heavy atom. The van der Waals surface area contributed by atoms with Crippen LogP contribution in [0, 0.1) is 5.92 Å². The highest BCUT2D eigenvalue weighted by atomic mass is 16.2. The lowest BCUT2D eigenvalue weighted by Crippen LogP contribution is -2.56. The maximum atomic E-state index is 13.9.